The SMILES string of the molecule is OCCCN1C(=S)NCC1(c1ccccc1)c1ccccc1. The molecule has 0 saturated carbocycles. The minimum absolute atomic E-state index is 0.165. The maximum atomic E-state index is 9.23. The monoisotopic (exact) mass is 312 g/mol. The molecule has 0 spiro atoms. The summed E-state index contributed by atoms with van der Waals surface area (Å²) in [5, 5.41) is 13.3. The third kappa shape index (κ3) is 2.49. The summed E-state index contributed by atoms with van der Waals surface area (Å²) in [6, 6.07) is 20.9. The van der Waals surface area contributed by atoms with Crippen LogP contribution in [0.5, 0.6) is 0 Å². The molecule has 3 rings (SSSR count). The Labute approximate surface area is 136 Å². The summed E-state index contributed by atoms with van der Waals surface area (Å²) in [7, 11) is 0. The second kappa shape index (κ2) is 6.46. The Balaban J connectivity index is 2.13. The number of aliphatic hydroxyl groups excluding tert-OH is 1. The molecule has 0 aromatic heterocycles. The zero-order valence-electron chi connectivity index (χ0n) is 12.4. The Morgan fingerprint density at radius 1 is 1.00 bits per heavy atom. The summed E-state index contributed by atoms with van der Waals surface area (Å²) < 4.78 is 0. The zero-order valence-corrected chi connectivity index (χ0v) is 13.2. The predicted octanol–water partition coefficient (Wildman–Crippen LogP) is 2.50. The van der Waals surface area contributed by atoms with Crippen LogP contribution >= 0.6 is 12.2 Å². The summed E-state index contributed by atoms with van der Waals surface area (Å²) in [5.74, 6) is 0. The van der Waals surface area contributed by atoms with E-state index in [4.69, 9.17) is 12.2 Å². The minimum atomic E-state index is -0.311. The summed E-state index contributed by atoms with van der Waals surface area (Å²) in [5.41, 5.74) is 2.12. The standard InChI is InChI=1S/C18H20N2OS/c21-13-7-12-20-17(22)19-14-18(20,15-8-3-1-4-9-15)16-10-5-2-6-11-16/h1-6,8-11,21H,7,12-14H2,(H,19,22). The summed E-state index contributed by atoms with van der Waals surface area (Å²) in [6.07, 6.45) is 0.698. The van der Waals surface area contributed by atoms with Crippen molar-refractivity contribution >= 4 is 17.3 Å². The van der Waals surface area contributed by atoms with Crippen molar-refractivity contribution in [2.75, 3.05) is 19.7 Å². The van der Waals surface area contributed by atoms with Crippen LogP contribution in [0.1, 0.15) is 17.5 Å². The van der Waals surface area contributed by atoms with Gasteiger partial charge in [0, 0.05) is 19.7 Å². The summed E-state index contributed by atoms with van der Waals surface area (Å²) in [4.78, 5) is 2.21. The average molecular weight is 312 g/mol. The second-order valence-electron chi connectivity index (χ2n) is 5.48. The van der Waals surface area contributed by atoms with Crippen molar-refractivity contribution in [3.8, 4) is 0 Å². The molecule has 0 radical (unpaired) electrons. The molecule has 1 heterocycles. The number of nitrogens with one attached hydrogen (secondary N) is 1. The van der Waals surface area contributed by atoms with Gasteiger partial charge in [-0.2, -0.15) is 0 Å². The first-order valence-corrected chi connectivity index (χ1v) is 7.97. The molecular formula is C18H20N2OS. The van der Waals surface area contributed by atoms with Crippen LogP contribution in [0.15, 0.2) is 60.7 Å². The lowest BCUT2D eigenvalue weighted by molar-refractivity contribution is 0.220. The van der Waals surface area contributed by atoms with Gasteiger partial charge in [0.2, 0.25) is 0 Å². The predicted molar refractivity (Wildman–Crippen MR) is 92.7 cm³/mol. The van der Waals surface area contributed by atoms with E-state index in [2.05, 4.69) is 58.7 Å². The molecule has 2 N–H and O–H groups in total. The highest BCUT2D eigenvalue weighted by Gasteiger charge is 2.45. The average Bonchev–Trinajstić information content (AvgIpc) is 2.92. The first-order chi connectivity index (χ1) is 10.8. The molecule has 114 valence electrons. The first kappa shape index (κ1) is 15.0. The second-order valence-corrected chi connectivity index (χ2v) is 5.87. The molecule has 0 aliphatic carbocycles. The van der Waals surface area contributed by atoms with Crippen LogP contribution in [-0.2, 0) is 5.54 Å². The number of rotatable bonds is 5. The fraction of sp³-hybridized carbons (Fsp3) is 0.278. The smallest absolute Gasteiger partial charge is 0.170 e. The Kier molecular flexibility index (Phi) is 4.41. The van der Waals surface area contributed by atoms with E-state index in [1.807, 2.05) is 12.1 Å². The van der Waals surface area contributed by atoms with Crippen LogP contribution in [0.2, 0.25) is 0 Å². The lowest BCUT2D eigenvalue weighted by Crippen LogP contribution is -2.46. The highest BCUT2D eigenvalue weighted by atomic mass is 32.1. The quantitative estimate of drug-likeness (QED) is 0.832. The maximum Gasteiger partial charge on any atom is 0.170 e. The molecule has 0 unspecified atom stereocenters. The Bertz CT molecular complexity index is 591. The van der Waals surface area contributed by atoms with Crippen LogP contribution in [0.25, 0.3) is 0 Å². The van der Waals surface area contributed by atoms with Gasteiger partial charge in [-0.15, -0.1) is 0 Å². The molecule has 2 aromatic rings. The minimum Gasteiger partial charge on any atom is -0.396 e. The van der Waals surface area contributed by atoms with Gasteiger partial charge in [0.15, 0.2) is 5.11 Å². The zero-order chi connectivity index (χ0) is 15.4. The molecular weight excluding hydrogens is 292 g/mol. The van der Waals surface area contributed by atoms with Gasteiger partial charge in [0.1, 0.15) is 5.54 Å². The van der Waals surface area contributed by atoms with Gasteiger partial charge in [-0.25, -0.2) is 0 Å². The van der Waals surface area contributed by atoms with Crippen molar-refractivity contribution in [3.63, 3.8) is 0 Å². The van der Waals surface area contributed by atoms with Crippen molar-refractivity contribution in [3.05, 3.63) is 71.8 Å². The molecule has 0 atom stereocenters. The molecule has 2 aromatic carbocycles. The molecule has 0 amide bonds. The van der Waals surface area contributed by atoms with Gasteiger partial charge >= 0.3 is 0 Å². The summed E-state index contributed by atoms with van der Waals surface area (Å²) >= 11 is 5.54. The highest BCUT2D eigenvalue weighted by Crippen LogP contribution is 2.38. The fourth-order valence-corrected chi connectivity index (χ4v) is 3.52. The van der Waals surface area contributed by atoms with Crippen LogP contribution < -0.4 is 5.32 Å². The van der Waals surface area contributed by atoms with Crippen molar-refractivity contribution in [1.29, 1.82) is 0 Å². The molecule has 0 bridgehead atoms. The van der Waals surface area contributed by atoms with Gasteiger partial charge < -0.3 is 15.3 Å². The van der Waals surface area contributed by atoms with Crippen molar-refractivity contribution in [1.82, 2.24) is 10.2 Å². The molecule has 1 fully saturated rings. The van der Waals surface area contributed by atoms with Gasteiger partial charge in [0.05, 0.1) is 0 Å². The Morgan fingerprint density at radius 2 is 1.55 bits per heavy atom. The maximum absolute atomic E-state index is 9.23. The molecule has 3 nitrogen and oxygen atoms in total. The third-order valence-electron chi connectivity index (χ3n) is 4.24. The lowest BCUT2D eigenvalue weighted by Gasteiger charge is -2.39. The van der Waals surface area contributed by atoms with E-state index in [9.17, 15) is 5.11 Å². The Morgan fingerprint density at radius 3 is 2.05 bits per heavy atom. The van der Waals surface area contributed by atoms with Crippen molar-refractivity contribution in [2.45, 2.75) is 12.0 Å². The number of hydrogen-bond donors (Lipinski definition) is 2. The van der Waals surface area contributed by atoms with E-state index in [0.717, 1.165) is 18.2 Å². The van der Waals surface area contributed by atoms with E-state index < -0.39 is 0 Å². The Hall–Kier alpha value is -1.91. The van der Waals surface area contributed by atoms with Crippen molar-refractivity contribution < 1.29 is 5.11 Å². The van der Waals surface area contributed by atoms with Gasteiger partial charge in [-0.1, -0.05) is 60.7 Å². The fourth-order valence-electron chi connectivity index (χ4n) is 3.20. The topological polar surface area (TPSA) is 35.5 Å². The van der Waals surface area contributed by atoms with E-state index >= 15 is 0 Å². The summed E-state index contributed by atoms with van der Waals surface area (Å²) in [6.45, 7) is 1.64. The normalized spacial score (nSPS) is 16.6. The van der Waals surface area contributed by atoms with Crippen LogP contribution in [0.3, 0.4) is 0 Å². The van der Waals surface area contributed by atoms with Gasteiger partial charge in [-0.3, -0.25) is 0 Å². The number of aliphatic hydroxyl groups is 1. The van der Waals surface area contributed by atoms with Crippen molar-refractivity contribution in [2.24, 2.45) is 0 Å². The molecule has 1 aliphatic rings. The van der Waals surface area contributed by atoms with E-state index in [0.29, 0.717) is 6.42 Å². The number of hydrogen-bond acceptors (Lipinski definition) is 2. The first-order valence-electron chi connectivity index (χ1n) is 7.56. The van der Waals surface area contributed by atoms with Crippen LogP contribution in [0.4, 0.5) is 0 Å². The lowest BCUT2D eigenvalue weighted by atomic mass is 9.82. The number of nitrogens with zero attached hydrogens (tertiary/aromatic N) is 1. The molecule has 1 aliphatic heterocycles. The van der Waals surface area contributed by atoms with E-state index in [1.54, 1.807) is 0 Å². The molecule has 4 heteroatoms. The number of benzene rings is 2. The van der Waals surface area contributed by atoms with Crippen LogP contribution in [0, 0.1) is 0 Å². The molecule has 1 saturated heterocycles. The molecule has 22 heavy (non-hydrogen) atoms. The van der Waals surface area contributed by atoms with E-state index in [-0.39, 0.29) is 12.1 Å². The van der Waals surface area contributed by atoms with Gasteiger partial charge in [-0.05, 0) is 29.8 Å². The van der Waals surface area contributed by atoms with E-state index in [1.165, 1.54) is 11.1 Å². The van der Waals surface area contributed by atoms with Gasteiger partial charge in [0.25, 0.3) is 0 Å². The highest BCUT2D eigenvalue weighted by molar-refractivity contribution is 7.80. The third-order valence-corrected chi connectivity index (χ3v) is 4.61. The number of thiocarbonyl (C=S) groups is 1. The van der Waals surface area contributed by atoms with Crippen LogP contribution in [-0.4, -0.2) is 34.8 Å². The largest absolute Gasteiger partial charge is 0.396 e.